The summed E-state index contributed by atoms with van der Waals surface area (Å²) in [6, 6.07) is 12.5. The smallest absolute Gasteiger partial charge is 0.290 e. The van der Waals surface area contributed by atoms with Crippen LogP contribution in [0, 0.1) is 6.92 Å². The van der Waals surface area contributed by atoms with E-state index in [1.165, 1.54) is 0 Å². The fourth-order valence-corrected chi connectivity index (χ4v) is 4.50. The molecule has 0 radical (unpaired) electrons. The van der Waals surface area contributed by atoms with Crippen molar-refractivity contribution in [1.29, 1.82) is 0 Å². The molecule has 1 amide bonds. The van der Waals surface area contributed by atoms with Gasteiger partial charge in [-0.1, -0.05) is 55.3 Å². The Morgan fingerprint density at radius 3 is 2.45 bits per heavy atom. The van der Waals surface area contributed by atoms with Crippen molar-refractivity contribution in [2.45, 2.75) is 33.2 Å². The standard InChI is InChI=1S/C25H27ClN2O3/c1-4-27(5-2)13-6-14-28-22(17-9-7-16(3)8-10-17)21-23(29)19-15-18(26)11-12-20(19)31-24(21)25(28)30/h7-12,15,22H,4-6,13-14H2,1-3H3/t22-/m1/s1. The summed E-state index contributed by atoms with van der Waals surface area (Å²) in [7, 11) is 0. The Morgan fingerprint density at radius 2 is 1.77 bits per heavy atom. The summed E-state index contributed by atoms with van der Waals surface area (Å²) in [5.41, 5.74) is 2.64. The van der Waals surface area contributed by atoms with E-state index < -0.39 is 6.04 Å². The van der Waals surface area contributed by atoms with Gasteiger partial charge in [-0.25, -0.2) is 0 Å². The number of benzene rings is 2. The first kappa shape index (κ1) is 21.6. The van der Waals surface area contributed by atoms with E-state index in [0.717, 1.165) is 37.2 Å². The molecule has 2 heterocycles. The Hall–Kier alpha value is -2.63. The molecule has 0 bridgehead atoms. The van der Waals surface area contributed by atoms with E-state index in [4.69, 9.17) is 16.0 Å². The second kappa shape index (κ2) is 8.85. The van der Waals surface area contributed by atoms with Crippen LogP contribution in [0.25, 0.3) is 11.0 Å². The molecular formula is C25H27ClN2O3. The Morgan fingerprint density at radius 1 is 1.06 bits per heavy atom. The van der Waals surface area contributed by atoms with Gasteiger partial charge in [0.15, 0.2) is 5.43 Å². The van der Waals surface area contributed by atoms with Gasteiger partial charge in [-0.2, -0.15) is 0 Å². The molecule has 1 aliphatic rings. The minimum Gasteiger partial charge on any atom is -0.450 e. The fraction of sp³-hybridized carbons (Fsp3) is 0.360. The minimum atomic E-state index is -0.459. The molecule has 0 N–H and O–H groups in total. The number of fused-ring (bicyclic) bond motifs is 2. The van der Waals surface area contributed by atoms with Gasteiger partial charge in [0.1, 0.15) is 5.58 Å². The Kier molecular flexibility index (Phi) is 6.17. The minimum absolute atomic E-state index is 0.147. The number of carbonyl (C=O) groups is 1. The Balaban J connectivity index is 1.80. The molecule has 1 aliphatic heterocycles. The summed E-state index contributed by atoms with van der Waals surface area (Å²) in [5, 5.41) is 0.869. The van der Waals surface area contributed by atoms with E-state index in [1.807, 2.05) is 31.2 Å². The number of nitrogens with zero attached hydrogens (tertiary/aromatic N) is 2. The van der Waals surface area contributed by atoms with Crippen LogP contribution in [0.3, 0.4) is 0 Å². The summed E-state index contributed by atoms with van der Waals surface area (Å²) in [5.74, 6) is -0.0812. The van der Waals surface area contributed by atoms with Crippen molar-refractivity contribution in [2.24, 2.45) is 0 Å². The molecule has 0 saturated carbocycles. The molecule has 5 nitrogen and oxygen atoms in total. The van der Waals surface area contributed by atoms with Crippen LogP contribution in [0.15, 0.2) is 51.7 Å². The lowest BCUT2D eigenvalue weighted by molar-refractivity contribution is 0.0720. The second-order valence-corrected chi connectivity index (χ2v) is 8.44. The lowest BCUT2D eigenvalue weighted by Crippen LogP contribution is -2.33. The van der Waals surface area contributed by atoms with Gasteiger partial charge in [-0.15, -0.1) is 0 Å². The number of hydrogen-bond acceptors (Lipinski definition) is 4. The molecule has 2 aromatic carbocycles. The van der Waals surface area contributed by atoms with E-state index >= 15 is 0 Å². The highest BCUT2D eigenvalue weighted by molar-refractivity contribution is 6.31. The van der Waals surface area contributed by atoms with Crippen LogP contribution in [-0.2, 0) is 0 Å². The van der Waals surface area contributed by atoms with Gasteiger partial charge in [0.2, 0.25) is 5.76 Å². The summed E-state index contributed by atoms with van der Waals surface area (Å²) in [6.07, 6.45) is 0.823. The SMILES string of the molecule is CCN(CC)CCCN1C(=O)c2oc3ccc(Cl)cc3c(=O)c2[C@H]1c1ccc(C)cc1. The van der Waals surface area contributed by atoms with E-state index in [9.17, 15) is 9.59 Å². The highest BCUT2D eigenvalue weighted by Crippen LogP contribution is 2.38. The van der Waals surface area contributed by atoms with Crippen LogP contribution < -0.4 is 5.43 Å². The number of carbonyl (C=O) groups excluding carboxylic acids is 1. The van der Waals surface area contributed by atoms with Gasteiger partial charge >= 0.3 is 0 Å². The molecule has 0 unspecified atom stereocenters. The molecule has 31 heavy (non-hydrogen) atoms. The zero-order valence-electron chi connectivity index (χ0n) is 18.2. The Bertz CT molecular complexity index is 1170. The van der Waals surface area contributed by atoms with Crippen molar-refractivity contribution in [2.75, 3.05) is 26.2 Å². The summed E-state index contributed by atoms with van der Waals surface area (Å²) < 4.78 is 5.97. The molecule has 0 spiro atoms. The van der Waals surface area contributed by atoms with Crippen molar-refractivity contribution in [1.82, 2.24) is 9.80 Å². The van der Waals surface area contributed by atoms with Gasteiger partial charge in [0.05, 0.1) is 17.0 Å². The molecule has 0 aliphatic carbocycles. The first-order valence-corrected chi connectivity index (χ1v) is 11.2. The first-order valence-electron chi connectivity index (χ1n) is 10.8. The van der Waals surface area contributed by atoms with Gasteiger partial charge in [-0.05, 0) is 56.7 Å². The zero-order chi connectivity index (χ0) is 22.1. The van der Waals surface area contributed by atoms with E-state index in [2.05, 4.69) is 18.7 Å². The molecule has 162 valence electrons. The summed E-state index contributed by atoms with van der Waals surface area (Å²) >= 11 is 6.13. The van der Waals surface area contributed by atoms with Crippen LogP contribution in [0.1, 0.15) is 53.6 Å². The van der Waals surface area contributed by atoms with E-state index in [0.29, 0.717) is 28.1 Å². The third-order valence-electron chi connectivity index (χ3n) is 6.09. The number of aryl methyl sites for hydroxylation is 1. The van der Waals surface area contributed by atoms with Crippen LogP contribution in [0.4, 0.5) is 0 Å². The first-order chi connectivity index (χ1) is 14.9. The van der Waals surface area contributed by atoms with Crippen molar-refractivity contribution >= 4 is 28.5 Å². The van der Waals surface area contributed by atoms with Crippen molar-refractivity contribution < 1.29 is 9.21 Å². The lowest BCUT2D eigenvalue weighted by Gasteiger charge is -2.26. The van der Waals surface area contributed by atoms with Gasteiger partial charge in [0.25, 0.3) is 5.91 Å². The van der Waals surface area contributed by atoms with Gasteiger partial charge < -0.3 is 14.2 Å². The van der Waals surface area contributed by atoms with Crippen molar-refractivity contribution in [3.63, 3.8) is 0 Å². The molecule has 4 rings (SSSR count). The second-order valence-electron chi connectivity index (χ2n) is 8.01. The number of rotatable bonds is 7. The molecule has 0 saturated heterocycles. The lowest BCUT2D eigenvalue weighted by atomic mass is 9.97. The molecular weight excluding hydrogens is 412 g/mol. The van der Waals surface area contributed by atoms with Crippen LogP contribution in [0.2, 0.25) is 5.02 Å². The zero-order valence-corrected chi connectivity index (χ0v) is 18.9. The maximum Gasteiger partial charge on any atom is 0.290 e. The largest absolute Gasteiger partial charge is 0.450 e. The normalized spacial score (nSPS) is 15.8. The average Bonchev–Trinajstić information content (AvgIpc) is 3.04. The van der Waals surface area contributed by atoms with E-state index in [1.54, 1.807) is 23.1 Å². The van der Waals surface area contributed by atoms with Crippen LogP contribution >= 0.6 is 11.6 Å². The molecule has 1 atom stereocenters. The topological polar surface area (TPSA) is 53.8 Å². The van der Waals surface area contributed by atoms with Gasteiger partial charge in [0, 0.05) is 11.6 Å². The predicted octanol–water partition coefficient (Wildman–Crippen LogP) is 5.03. The maximum absolute atomic E-state index is 13.5. The molecule has 0 fully saturated rings. The Labute approximate surface area is 187 Å². The average molecular weight is 439 g/mol. The fourth-order valence-electron chi connectivity index (χ4n) is 4.32. The number of hydrogen-bond donors (Lipinski definition) is 0. The predicted molar refractivity (Wildman–Crippen MR) is 124 cm³/mol. The van der Waals surface area contributed by atoms with Gasteiger partial charge in [-0.3, -0.25) is 9.59 Å². The quantitative estimate of drug-likeness (QED) is 0.519. The number of amides is 1. The molecule has 1 aromatic heterocycles. The third kappa shape index (κ3) is 4.00. The molecule has 6 heteroatoms. The van der Waals surface area contributed by atoms with Crippen LogP contribution in [-0.4, -0.2) is 41.9 Å². The monoisotopic (exact) mass is 438 g/mol. The highest BCUT2D eigenvalue weighted by atomic mass is 35.5. The number of halogens is 1. The maximum atomic E-state index is 13.5. The molecule has 3 aromatic rings. The third-order valence-corrected chi connectivity index (χ3v) is 6.32. The highest BCUT2D eigenvalue weighted by Gasteiger charge is 2.42. The van der Waals surface area contributed by atoms with Crippen molar-refractivity contribution in [3.8, 4) is 0 Å². The summed E-state index contributed by atoms with van der Waals surface area (Å²) in [4.78, 5) is 31.0. The van der Waals surface area contributed by atoms with E-state index in [-0.39, 0.29) is 17.1 Å². The van der Waals surface area contributed by atoms with Crippen molar-refractivity contribution in [3.05, 3.63) is 80.2 Å². The van der Waals surface area contributed by atoms with Crippen LogP contribution in [0.5, 0.6) is 0 Å². The summed E-state index contributed by atoms with van der Waals surface area (Å²) in [6.45, 7) is 9.67.